The Morgan fingerprint density at radius 3 is 2.40 bits per heavy atom. The number of halogens is 1. The SMILES string of the molecule is COc1cc2nc(C3CC3)c(/C=C/C(O)CC(O)CC(=O)O)c(-c3ccc(F)cc3)c2cc1OC. The maximum atomic E-state index is 13.8. The topological polar surface area (TPSA) is 109 Å². The predicted octanol–water partition coefficient (Wildman–Crippen LogP) is 4.54. The average Bonchev–Trinajstić information content (AvgIpc) is 3.66. The summed E-state index contributed by atoms with van der Waals surface area (Å²) in [6.45, 7) is 0. The van der Waals surface area contributed by atoms with Gasteiger partial charge in [-0.3, -0.25) is 9.78 Å². The summed E-state index contributed by atoms with van der Waals surface area (Å²) >= 11 is 0. The van der Waals surface area contributed by atoms with E-state index in [1.54, 1.807) is 32.4 Å². The van der Waals surface area contributed by atoms with Gasteiger partial charge in [-0.25, -0.2) is 4.39 Å². The molecule has 0 spiro atoms. The number of pyridine rings is 1. The number of methoxy groups -OCH3 is 2. The van der Waals surface area contributed by atoms with Gasteiger partial charge in [0, 0.05) is 34.9 Å². The van der Waals surface area contributed by atoms with Crippen LogP contribution in [0.2, 0.25) is 0 Å². The van der Waals surface area contributed by atoms with Crippen LogP contribution in [0.25, 0.3) is 28.1 Å². The van der Waals surface area contributed by atoms with Gasteiger partial charge in [0.1, 0.15) is 5.82 Å². The van der Waals surface area contributed by atoms with Gasteiger partial charge in [-0.1, -0.05) is 24.3 Å². The van der Waals surface area contributed by atoms with Crippen LogP contribution >= 0.6 is 0 Å². The summed E-state index contributed by atoms with van der Waals surface area (Å²) in [5.74, 6) is -0.164. The van der Waals surface area contributed by atoms with E-state index in [9.17, 15) is 19.4 Å². The number of fused-ring (bicyclic) bond motifs is 1. The van der Waals surface area contributed by atoms with Gasteiger partial charge in [0.2, 0.25) is 0 Å². The molecule has 8 heteroatoms. The van der Waals surface area contributed by atoms with E-state index in [-0.39, 0.29) is 18.2 Å². The van der Waals surface area contributed by atoms with E-state index in [1.807, 2.05) is 12.1 Å². The van der Waals surface area contributed by atoms with Crippen molar-refractivity contribution in [2.75, 3.05) is 14.2 Å². The first kappa shape index (κ1) is 24.6. The third kappa shape index (κ3) is 5.61. The molecule has 0 saturated heterocycles. The lowest BCUT2D eigenvalue weighted by Crippen LogP contribution is -2.19. The Labute approximate surface area is 202 Å². The Morgan fingerprint density at radius 1 is 1.14 bits per heavy atom. The van der Waals surface area contributed by atoms with Gasteiger partial charge in [0.15, 0.2) is 11.5 Å². The number of hydrogen-bond donors (Lipinski definition) is 3. The molecule has 0 aliphatic heterocycles. The molecule has 35 heavy (non-hydrogen) atoms. The summed E-state index contributed by atoms with van der Waals surface area (Å²) in [5.41, 5.74) is 3.93. The number of carboxylic acids is 1. The molecule has 7 nitrogen and oxygen atoms in total. The molecule has 3 aromatic rings. The highest BCUT2D eigenvalue weighted by Gasteiger charge is 2.30. The summed E-state index contributed by atoms with van der Waals surface area (Å²) < 4.78 is 24.7. The summed E-state index contributed by atoms with van der Waals surface area (Å²) in [4.78, 5) is 15.8. The molecule has 1 heterocycles. The summed E-state index contributed by atoms with van der Waals surface area (Å²) in [7, 11) is 3.11. The Kier molecular flexibility index (Phi) is 7.33. The van der Waals surface area contributed by atoms with E-state index in [2.05, 4.69) is 0 Å². The van der Waals surface area contributed by atoms with Crippen LogP contribution in [0.5, 0.6) is 11.5 Å². The molecule has 3 N–H and O–H groups in total. The van der Waals surface area contributed by atoms with E-state index in [4.69, 9.17) is 19.6 Å². The van der Waals surface area contributed by atoms with Crippen molar-refractivity contribution >= 4 is 22.9 Å². The zero-order chi connectivity index (χ0) is 25.1. The Bertz CT molecular complexity index is 1250. The number of aliphatic hydroxyl groups is 2. The van der Waals surface area contributed by atoms with E-state index in [1.165, 1.54) is 18.2 Å². The van der Waals surface area contributed by atoms with Crippen LogP contribution in [0, 0.1) is 5.82 Å². The molecule has 1 saturated carbocycles. The predicted molar refractivity (Wildman–Crippen MR) is 130 cm³/mol. The lowest BCUT2D eigenvalue weighted by atomic mass is 9.91. The molecule has 4 rings (SSSR count). The van der Waals surface area contributed by atoms with Gasteiger partial charge < -0.3 is 24.8 Å². The highest BCUT2D eigenvalue weighted by Crippen LogP contribution is 2.47. The van der Waals surface area contributed by atoms with Crippen LogP contribution in [0.3, 0.4) is 0 Å². The van der Waals surface area contributed by atoms with Crippen LogP contribution in [-0.2, 0) is 4.79 Å². The van der Waals surface area contributed by atoms with Crippen molar-refractivity contribution in [3.8, 4) is 22.6 Å². The fourth-order valence-corrected chi connectivity index (χ4v) is 4.24. The Morgan fingerprint density at radius 2 is 1.80 bits per heavy atom. The molecule has 2 atom stereocenters. The molecule has 0 radical (unpaired) electrons. The lowest BCUT2D eigenvalue weighted by molar-refractivity contribution is -0.139. The number of aromatic nitrogens is 1. The normalized spacial score (nSPS) is 15.3. The zero-order valence-corrected chi connectivity index (χ0v) is 19.6. The van der Waals surface area contributed by atoms with Crippen molar-refractivity contribution in [2.45, 2.75) is 43.8 Å². The number of ether oxygens (including phenoxy) is 2. The zero-order valence-electron chi connectivity index (χ0n) is 19.6. The number of carbonyl (C=O) groups is 1. The number of rotatable bonds is 10. The first-order chi connectivity index (χ1) is 16.8. The van der Waals surface area contributed by atoms with Crippen molar-refractivity contribution in [3.05, 3.63) is 59.5 Å². The Hall–Kier alpha value is -3.49. The second-order valence-electron chi connectivity index (χ2n) is 8.71. The van der Waals surface area contributed by atoms with Crippen molar-refractivity contribution in [2.24, 2.45) is 0 Å². The van der Waals surface area contributed by atoms with Crippen LogP contribution < -0.4 is 9.47 Å². The van der Waals surface area contributed by atoms with E-state index < -0.39 is 24.6 Å². The van der Waals surface area contributed by atoms with Gasteiger partial charge >= 0.3 is 5.97 Å². The molecule has 1 aliphatic carbocycles. The van der Waals surface area contributed by atoms with Crippen LogP contribution in [0.15, 0.2) is 42.5 Å². The van der Waals surface area contributed by atoms with E-state index in [0.717, 1.165) is 40.6 Å². The number of benzene rings is 2. The average molecular weight is 482 g/mol. The first-order valence-corrected chi connectivity index (χ1v) is 11.4. The van der Waals surface area contributed by atoms with Gasteiger partial charge in [-0.2, -0.15) is 0 Å². The second kappa shape index (κ2) is 10.4. The summed E-state index contributed by atoms with van der Waals surface area (Å²) in [6, 6.07) is 9.83. The third-order valence-electron chi connectivity index (χ3n) is 6.06. The fraction of sp³-hybridized carbons (Fsp3) is 0.333. The molecule has 1 aromatic heterocycles. The van der Waals surface area contributed by atoms with Crippen molar-refractivity contribution in [1.29, 1.82) is 0 Å². The van der Waals surface area contributed by atoms with Gasteiger partial charge in [0.25, 0.3) is 0 Å². The van der Waals surface area contributed by atoms with Crippen molar-refractivity contribution in [1.82, 2.24) is 4.98 Å². The van der Waals surface area contributed by atoms with Gasteiger partial charge in [-0.15, -0.1) is 0 Å². The largest absolute Gasteiger partial charge is 0.493 e. The van der Waals surface area contributed by atoms with Gasteiger partial charge in [-0.05, 0) is 36.6 Å². The molecule has 0 bridgehead atoms. The number of hydrogen-bond acceptors (Lipinski definition) is 6. The number of nitrogens with zero attached hydrogens (tertiary/aromatic N) is 1. The monoisotopic (exact) mass is 481 g/mol. The maximum absolute atomic E-state index is 13.8. The Balaban J connectivity index is 1.88. The minimum atomic E-state index is -1.17. The van der Waals surface area contributed by atoms with Crippen molar-refractivity contribution in [3.63, 3.8) is 0 Å². The highest BCUT2D eigenvalue weighted by molar-refractivity contribution is 6.01. The van der Waals surface area contributed by atoms with E-state index in [0.29, 0.717) is 17.0 Å². The molecule has 184 valence electrons. The summed E-state index contributed by atoms with van der Waals surface area (Å²) in [6.07, 6.45) is 2.47. The molecular weight excluding hydrogens is 453 g/mol. The molecule has 0 amide bonds. The quantitative estimate of drug-likeness (QED) is 0.390. The number of carboxylic acid groups (broad SMARTS) is 1. The molecule has 1 fully saturated rings. The minimum Gasteiger partial charge on any atom is -0.493 e. The second-order valence-corrected chi connectivity index (χ2v) is 8.71. The summed E-state index contributed by atoms with van der Waals surface area (Å²) in [5, 5.41) is 30.0. The van der Waals surface area contributed by atoms with Crippen molar-refractivity contribution < 1.29 is 34.0 Å². The fourth-order valence-electron chi connectivity index (χ4n) is 4.24. The lowest BCUT2D eigenvalue weighted by Gasteiger charge is -2.18. The molecular formula is C27H28FNO6. The smallest absolute Gasteiger partial charge is 0.305 e. The van der Waals surface area contributed by atoms with Crippen LogP contribution in [-0.4, -0.2) is 52.7 Å². The molecule has 2 unspecified atom stereocenters. The van der Waals surface area contributed by atoms with Crippen LogP contribution in [0.4, 0.5) is 4.39 Å². The highest BCUT2D eigenvalue weighted by atomic mass is 19.1. The first-order valence-electron chi connectivity index (χ1n) is 11.4. The van der Waals surface area contributed by atoms with Crippen LogP contribution in [0.1, 0.15) is 42.9 Å². The maximum Gasteiger partial charge on any atom is 0.305 e. The minimum absolute atomic E-state index is 0.112. The van der Waals surface area contributed by atoms with Gasteiger partial charge in [0.05, 0.1) is 44.1 Å². The molecule has 2 aromatic carbocycles. The number of aliphatic carboxylic acids is 1. The standard InChI is InChI=1S/C27H28FNO6/c1-34-23-13-21-22(14-24(23)35-2)29-27(16-3-4-16)20(26(21)15-5-7-17(28)8-6-15)10-9-18(30)11-19(31)12-25(32)33/h5-10,13-14,16,18-19,30-31H,3-4,11-12H2,1-2H3,(H,32,33)/b10-9+. The van der Waals surface area contributed by atoms with E-state index >= 15 is 0 Å². The number of aliphatic hydroxyl groups excluding tert-OH is 2. The molecule has 1 aliphatic rings. The third-order valence-corrected chi connectivity index (χ3v) is 6.06.